The lowest BCUT2D eigenvalue weighted by Gasteiger charge is -2.22. The molecule has 33 heavy (non-hydrogen) atoms. The molecule has 1 nitrogen and oxygen atoms in total. The van der Waals surface area contributed by atoms with Crippen molar-refractivity contribution >= 4 is 45.6 Å². The summed E-state index contributed by atoms with van der Waals surface area (Å²) in [7, 11) is -1.54. The SMILES string of the molecule is Cc1cnc(-c2cc([Si](C)(C)C)c3ccccc3c2)c2ccc3cc(C(C)(C)C)ccc3c12. The lowest BCUT2D eigenvalue weighted by molar-refractivity contribution is 0.591. The molecule has 0 saturated heterocycles. The third kappa shape index (κ3) is 3.77. The minimum Gasteiger partial charge on any atom is -0.255 e. The van der Waals surface area contributed by atoms with Gasteiger partial charge in [0.2, 0.25) is 0 Å². The highest BCUT2D eigenvalue weighted by molar-refractivity contribution is 6.90. The first-order chi connectivity index (χ1) is 15.5. The summed E-state index contributed by atoms with van der Waals surface area (Å²) >= 11 is 0. The molecule has 5 rings (SSSR count). The summed E-state index contributed by atoms with van der Waals surface area (Å²) in [5.41, 5.74) is 5.05. The lowest BCUT2D eigenvalue weighted by Crippen LogP contribution is -2.38. The summed E-state index contributed by atoms with van der Waals surface area (Å²) in [5, 5.41) is 9.37. The molecule has 0 radical (unpaired) electrons. The van der Waals surface area contributed by atoms with Crippen molar-refractivity contribution in [3.63, 3.8) is 0 Å². The van der Waals surface area contributed by atoms with Gasteiger partial charge in [0, 0.05) is 17.1 Å². The van der Waals surface area contributed by atoms with E-state index in [0.717, 1.165) is 5.69 Å². The molecular weight excluding hydrogens is 414 g/mol. The van der Waals surface area contributed by atoms with Gasteiger partial charge in [-0.2, -0.15) is 0 Å². The average molecular weight is 448 g/mol. The predicted octanol–water partition coefficient (Wildman–Crippen LogP) is 8.36. The molecule has 0 unspecified atom stereocenters. The van der Waals surface area contributed by atoms with Gasteiger partial charge in [-0.1, -0.05) is 106 Å². The second-order valence-electron chi connectivity index (χ2n) is 11.5. The van der Waals surface area contributed by atoms with Crippen molar-refractivity contribution in [1.29, 1.82) is 0 Å². The van der Waals surface area contributed by atoms with E-state index >= 15 is 0 Å². The smallest absolute Gasteiger partial charge is 0.0784 e. The van der Waals surface area contributed by atoms with E-state index in [2.05, 4.69) is 120 Å². The first-order valence-electron chi connectivity index (χ1n) is 11.9. The van der Waals surface area contributed by atoms with Crippen LogP contribution in [0.2, 0.25) is 19.6 Å². The fourth-order valence-corrected chi connectivity index (χ4v) is 6.64. The zero-order valence-electron chi connectivity index (χ0n) is 20.9. The van der Waals surface area contributed by atoms with Gasteiger partial charge in [0.05, 0.1) is 13.8 Å². The van der Waals surface area contributed by atoms with Gasteiger partial charge in [0.15, 0.2) is 0 Å². The molecule has 0 aliphatic carbocycles. The number of fused-ring (bicyclic) bond motifs is 4. The van der Waals surface area contributed by atoms with Crippen LogP contribution < -0.4 is 5.19 Å². The van der Waals surface area contributed by atoms with Crippen LogP contribution in [0.15, 0.2) is 72.9 Å². The van der Waals surface area contributed by atoms with Crippen LogP contribution in [-0.2, 0) is 5.41 Å². The second kappa shape index (κ2) is 7.53. The summed E-state index contributed by atoms with van der Waals surface area (Å²) in [6.45, 7) is 16.3. The Kier molecular flexibility index (Phi) is 4.99. The molecule has 0 atom stereocenters. The topological polar surface area (TPSA) is 12.9 Å². The van der Waals surface area contributed by atoms with Crippen LogP contribution in [0, 0.1) is 6.92 Å². The number of pyridine rings is 1. The standard InChI is InChI=1S/C31H33NSi/c1-20-19-32-30(23-16-21-10-8-9-11-25(21)28(18-23)33(5,6)7)27-14-12-22-17-24(31(2,3)4)13-15-26(22)29(20)27/h8-19H,1-7H3. The van der Waals surface area contributed by atoms with Crippen LogP contribution in [0.1, 0.15) is 31.9 Å². The molecule has 0 amide bonds. The number of hydrogen-bond acceptors (Lipinski definition) is 1. The molecule has 2 heteroatoms. The molecule has 0 fully saturated rings. The largest absolute Gasteiger partial charge is 0.255 e. The van der Waals surface area contributed by atoms with E-state index in [-0.39, 0.29) is 5.41 Å². The number of nitrogens with zero attached hydrogens (tertiary/aromatic N) is 1. The molecule has 5 aromatic rings. The summed E-state index contributed by atoms with van der Waals surface area (Å²) in [6, 6.07) is 25.1. The number of benzene rings is 4. The Balaban J connectivity index is 1.82. The van der Waals surface area contributed by atoms with Gasteiger partial charge < -0.3 is 0 Å². The van der Waals surface area contributed by atoms with Crippen molar-refractivity contribution in [3.8, 4) is 11.3 Å². The molecular formula is C31H33NSi. The van der Waals surface area contributed by atoms with Gasteiger partial charge in [-0.15, -0.1) is 0 Å². The van der Waals surface area contributed by atoms with E-state index in [1.165, 1.54) is 54.2 Å². The van der Waals surface area contributed by atoms with Crippen LogP contribution in [0.25, 0.3) is 43.6 Å². The maximum absolute atomic E-state index is 4.99. The molecule has 166 valence electrons. The first-order valence-corrected chi connectivity index (χ1v) is 15.4. The summed E-state index contributed by atoms with van der Waals surface area (Å²) in [5.74, 6) is 0. The van der Waals surface area contributed by atoms with Gasteiger partial charge in [-0.3, -0.25) is 4.98 Å². The summed E-state index contributed by atoms with van der Waals surface area (Å²) in [6.07, 6.45) is 2.05. The zero-order chi connectivity index (χ0) is 23.5. The quantitative estimate of drug-likeness (QED) is 0.196. The first kappa shape index (κ1) is 21.9. The molecule has 0 saturated carbocycles. The van der Waals surface area contributed by atoms with Gasteiger partial charge in [0.25, 0.3) is 0 Å². The monoisotopic (exact) mass is 447 g/mol. The third-order valence-electron chi connectivity index (χ3n) is 6.87. The Hall–Kier alpha value is -2.97. The number of hydrogen-bond donors (Lipinski definition) is 0. The third-order valence-corrected chi connectivity index (χ3v) is 8.90. The van der Waals surface area contributed by atoms with Crippen molar-refractivity contribution in [2.45, 2.75) is 52.8 Å². The molecule has 1 aromatic heterocycles. The van der Waals surface area contributed by atoms with Crippen LogP contribution in [0.3, 0.4) is 0 Å². The molecule has 1 heterocycles. The van der Waals surface area contributed by atoms with Crippen LogP contribution in [-0.4, -0.2) is 13.1 Å². The van der Waals surface area contributed by atoms with Crippen molar-refractivity contribution < 1.29 is 0 Å². The van der Waals surface area contributed by atoms with Crippen molar-refractivity contribution in [1.82, 2.24) is 4.98 Å². The highest BCUT2D eigenvalue weighted by atomic mass is 28.3. The Morgan fingerprint density at radius 2 is 1.42 bits per heavy atom. The van der Waals surface area contributed by atoms with Gasteiger partial charge in [-0.05, 0) is 56.5 Å². The van der Waals surface area contributed by atoms with E-state index in [0.29, 0.717) is 0 Å². The Morgan fingerprint density at radius 1 is 0.727 bits per heavy atom. The Labute approximate surface area is 198 Å². The molecule has 0 aliphatic heterocycles. The van der Waals surface area contributed by atoms with Crippen LogP contribution in [0.5, 0.6) is 0 Å². The predicted molar refractivity (Wildman–Crippen MR) is 149 cm³/mol. The van der Waals surface area contributed by atoms with Gasteiger partial charge in [0.1, 0.15) is 0 Å². The molecule has 0 aliphatic rings. The molecule has 4 aromatic carbocycles. The van der Waals surface area contributed by atoms with E-state index < -0.39 is 8.07 Å². The van der Waals surface area contributed by atoms with Gasteiger partial charge >= 0.3 is 0 Å². The average Bonchev–Trinajstić information content (AvgIpc) is 2.76. The Morgan fingerprint density at radius 3 is 2.15 bits per heavy atom. The number of aryl methyl sites for hydroxylation is 1. The summed E-state index contributed by atoms with van der Waals surface area (Å²) in [4.78, 5) is 4.99. The van der Waals surface area contributed by atoms with Crippen LogP contribution >= 0.6 is 0 Å². The van der Waals surface area contributed by atoms with E-state index in [9.17, 15) is 0 Å². The van der Waals surface area contributed by atoms with Crippen molar-refractivity contribution in [3.05, 3.63) is 84.1 Å². The maximum atomic E-state index is 4.99. The van der Waals surface area contributed by atoms with Crippen molar-refractivity contribution in [2.75, 3.05) is 0 Å². The highest BCUT2D eigenvalue weighted by Gasteiger charge is 2.22. The summed E-state index contributed by atoms with van der Waals surface area (Å²) < 4.78 is 0. The van der Waals surface area contributed by atoms with Gasteiger partial charge in [-0.25, -0.2) is 0 Å². The molecule has 0 spiro atoms. The van der Waals surface area contributed by atoms with E-state index in [1.54, 1.807) is 0 Å². The van der Waals surface area contributed by atoms with E-state index in [1.807, 2.05) is 0 Å². The lowest BCUT2D eigenvalue weighted by atomic mass is 9.85. The molecule has 0 N–H and O–H groups in total. The normalized spacial score (nSPS) is 12.7. The highest BCUT2D eigenvalue weighted by Crippen LogP contribution is 2.36. The minimum absolute atomic E-state index is 0.139. The fraction of sp³-hybridized carbons (Fsp3) is 0.258. The number of aromatic nitrogens is 1. The Bertz CT molecular complexity index is 1530. The van der Waals surface area contributed by atoms with Crippen LogP contribution in [0.4, 0.5) is 0 Å². The van der Waals surface area contributed by atoms with E-state index in [4.69, 9.17) is 4.98 Å². The second-order valence-corrected chi connectivity index (χ2v) is 16.5. The number of rotatable bonds is 2. The minimum atomic E-state index is -1.54. The molecule has 0 bridgehead atoms. The maximum Gasteiger partial charge on any atom is 0.0784 e. The fourth-order valence-electron chi connectivity index (χ4n) is 5.01. The van der Waals surface area contributed by atoms with Crippen molar-refractivity contribution in [2.24, 2.45) is 0 Å². The zero-order valence-corrected chi connectivity index (χ0v) is 21.9.